The van der Waals surface area contributed by atoms with Crippen LogP contribution in [-0.2, 0) is 11.3 Å². The number of nitrogens with zero attached hydrogens (tertiary/aromatic N) is 1. The molecule has 0 spiro atoms. The molecule has 1 heterocycles. The third-order valence-electron chi connectivity index (χ3n) is 3.86. The number of rotatable bonds is 5. The number of nitrogens with two attached hydrogens (primary N) is 1. The SMILES string of the molecule is N/C(=N/O)c1ccc(CNC2(CO)CCOCC2)c(Cl)c1. The van der Waals surface area contributed by atoms with Crippen molar-refractivity contribution in [2.24, 2.45) is 10.9 Å². The summed E-state index contributed by atoms with van der Waals surface area (Å²) in [5.41, 5.74) is 6.67. The van der Waals surface area contributed by atoms with Crippen LogP contribution in [0, 0.1) is 0 Å². The second kappa shape index (κ2) is 7.09. The van der Waals surface area contributed by atoms with Gasteiger partial charge in [0, 0.05) is 35.9 Å². The van der Waals surface area contributed by atoms with Gasteiger partial charge in [-0.25, -0.2) is 0 Å². The molecule has 0 amide bonds. The van der Waals surface area contributed by atoms with Crippen LogP contribution in [0.15, 0.2) is 23.4 Å². The molecule has 1 aliphatic rings. The molecule has 0 aromatic heterocycles. The predicted molar refractivity (Wildman–Crippen MR) is 80.7 cm³/mol. The van der Waals surface area contributed by atoms with Crippen molar-refractivity contribution >= 4 is 17.4 Å². The van der Waals surface area contributed by atoms with E-state index in [0.717, 1.165) is 18.4 Å². The first kappa shape index (κ1) is 16.0. The van der Waals surface area contributed by atoms with Crippen LogP contribution in [0.25, 0.3) is 0 Å². The van der Waals surface area contributed by atoms with E-state index in [0.29, 0.717) is 30.3 Å². The van der Waals surface area contributed by atoms with E-state index >= 15 is 0 Å². The van der Waals surface area contributed by atoms with Gasteiger partial charge < -0.3 is 26.1 Å². The fourth-order valence-electron chi connectivity index (χ4n) is 2.34. The van der Waals surface area contributed by atoms with Crippen LogP contribution >= 0.6 is 11.6 Å². The van der Waals surface area contributed by atoms with Gasteiger partial charge in [0.1, 0.15) is 0 Å². The summed E-state index contributed by atoms with van der Waals surface area (Å²) >= 11 is 6.22. The number of benzene rings is 1. The summed E-state index contributed by atoms with van der Waals surface area (Å²) in [6.45, 7) is 1.89. The number of oxime groups is 1. The molecular formula is C14H20ClN3O3. The summed E-state index contributed by atoms with van der Waals surface area (Å²) < 4.78 is 5.33. The Morgan fingerprint density at radius 2 is 2.14 bits per heavy atom. The molecule has 0 aliphatic carbocycles. The van der Waals surface area contributed by atoms with Gasteiger partial charge >= 0.3 is 0 Å². The second-order valence-corrected chi connectivity index (χ2v) is 5.60. The molecule has 0 atom stereocenters. The quantitative estimate of drug-likeness (QED) is 0.282. The summed E-state index contributed by atoms with van der Waals surface area (Å²) in [6, 6.07) is 5.23. The van der Waals surface area contributed by atoms with Crippen LogP contribution in [-0.4, -0.2) is 41.5 Å². The van der Waals surface area contributed by atoms with Crippen LogP contribution in [0.2, 0.25) is 5.02 Å². The molecule has 1 aromatic rings. The number of hydrogen-bond acceptors (Lipinski definition) is 5. The van der Waals surface area contributed by atoms with Gasteiger partial charge in [0.2, 0.25) is 0 Å². The van der Waals surface area contributed by atoms with Crippen LogP contribution < -0.4 is 11.1 Å². The normalized spacial score (nSPS) is 18.7. The van der Waals surface area contributed by atoms with Crippen LogP contribution in [0.1, 0.15) is 24.0 Å². The minimum absolute atomic E-state index is 0.0210. The average molecular weight is 314 g/mol. The van der Waals surface area contributed by atoms with Gasteiger partial charge in [-0.15, -0.1) is 0 Å². The lowest BCUT2D eigenvalue weighted by molar-refractivity contribution is 0.0112. The summed E-state index contributed by atoms with van der Waals surface area (Å²) in [6.07, 6.45) is 1.53. The third kappa shape index (κ3) is 3.85. The molecule has 1 fully saturated rings. The van der Waals surface area contributed by atoms with E-state index in [1.807, 2.05) is 6.07 Å². The van der Waals surface area contributed by atoms with E-state index in [-0.39, 0.29) is 18.0 Å². The number of halogens is 1. The lowest BCUT2D eigenvalue weighted by Gasteiger charge is -2.36. The van der Waals surface area contributed by atoms with Gasteiger partial charge in [0.25, 0.3) is 0 Å². The highest BCUT2D eigenvalue weighted by Gasteiger charge is 2.31. The zero-order chi connectivity index (χ0) is 15.3. The molecule has 1 aromatic carbocycles. The Balaban J connectivity index is 2.06. The van der Waals surface area contributed by atoms with Gasteiger partial charge in [-0.3, -0.25) is 0 Å². The first-order chi connectivity index (χ1) is 10.1. The largest absolute Gasteiger partial charge is 0.409 e. The van der Waals surface area contributed by atoms with E-state index in [4.69, 9.17) is 27.3 Å². The number of amidine groups is 1. The number of aliphatic hydroxyl groups excluding tert-OH is 1. The average Bonchev–Trinajstić information content (AvgIpc) is 2.53. The van der Waals surface area contributed by atoms with E-state index in [1.54, 1.807) is 12.1 Å². The van der Waals surface area contributed by atoms with Crippen LogP contribution in [0.3, 0.4) is 0 Å². The zero-order valence-electron chi connectivity index (χ0n) is 11.7. The summed E-state index contributed by atoms with van der Waals surface area (Å²) in [7, 11) is 0. The zero-order valence-corrected chi connectivity index (χ0v) is 12.4. The first-order valence-electron chi connectivity index (χ1n) is 6.80. The topological polar surface area (TPSA) is 100 Å². The Bertz CT molecular complexity index is 516. The van der Waals surface area contributed by atoms with Crippen LogP contribution in [0.4, 0.5) is 0 Å². The Morgan fingerprint density at radius 1 is 1.43 bits per heavy atom. The molecule has 2 rings (SSSR count). The lowest BCUT2D eigenvalue weighted by atomic mass is 9.90. The van der Waals surface area contributed by atoms with Crippen molar-refractivity contribution in [3.8, 4) is 0 Å². The van der Waals surface area contributed by atoms with Crippen molar-refractivity contribution in [1.82, 2.24) is 5.32 Å². The predicted octanol–water partition coefficient (Wildman–Crippen LogP) is 1.07. The van der Waals surface area contributed by atoms with E-state index in [1.165, 1.54) is 0 Å². The van der Waals surface area contributed by atoms with E-state index < -0.39 is 0 Å². The van der Waals surface area contributed by atoms with Crippen LogP contribution in [0.5, 0.6) is 0 Å². The molecular weight excluding hydrogens is 294 g/mol. The summed E-state index contributed by atoms with van der Waals surface area (Å²) in [5.74, 6) is 0.0210. The van der Waals surface area contributed by atoms with E-state index in [9.17, 15) is 5.11 Å². The highest BCUT2D eigenvalue weighted by atomic mass is 35.5. The highest BCUT2D eigenvalue weighted by Crippen LogP contribution is 2.23. The van der Waals surface area contributed by atoms with Crippen molar-refractivity contribution < 1.29 is 15.1 Å². The fourth-order valence-corrected chi connectivity index (χ4v) is 2.59. The van der Waals surface area contributed by atoms with Crippen molar-refractivity contribution in [3.05, 3.63) is 34.3 Å². The summed E-state index contributed by atoms with van der Waals surface area (Å²) in [4.78, 5) is 0. The van der Waals surface area contributed by atoms with Crippen molar-refractivity contribution in [2.45, 2.75) is 24.9 Å². The van der Waals surface area contributed by atoms with Crippen molar-refractivity contribution in [1.29, 1.82) is 0 Å². The Kier molecular flexibility index (Phi) is 5.41. The maximum Gasteiger partial charge on any atom is 0.170 e. The van der Waals surface area contributed by atoms with Gasteiger partial charge in [-0.2, -0.15) is 0 Å². The number of ether oxygens (including phenoxy) is 1. The third-order valence-corrected chi connectivity index (χ3v) is 4.21. The van der Waals surface area contributed by atoms with E-state index in [2.05, 4.69) is 10.5 Å². The smallest absolute Gasteiger partial charge is 0.170 e. The minimum Gasteiger partial charge on any atom is -0.409 e. The molecule has 1 aliphatic heterocycles. The van der Waals surface area contributed by atoms with Gasteiger partial charge in [-0.05, 0) is 24.5 Å². The molecule has 5 N–H and O–H groups in total. The van der Waals surface area contributed by atoms with Crippen molar-refractivity contribution in [3.63, 3.8) is 0 Å². The Morgan fingerprint density at radius 3 is 2.71 bits per heavy atom. The first-order valence-corrected chi connectivity index (χ1v) is 7.18. The Labute approximate surface area is 128 Å². The van der Waals surface area contributed by atoms with Gasteiger partial charge in [0.15, 0.2) is 5.84 Å². The molecule has 0 radical (unpaired) electrons. The van der Waals surface area contributed by atoms with Crippen molar-refractivity contribution in [2.75, 3.05) is 19.8 Å². The maximum absolute atomic E-state index is 9.63. The lowest BCUT2D eigenvalue weighted by Crippen LogP contribution is -2.51. The summed E-state index contributed by atoms with van der Waals surface area (Å²) in [5, 5.41) is 25.1. The molecule has 0 unspecified atom stereocenters. The second-order valence-electron chi connectivity index (χ2n) is 5.20. The maximum atomic E-state index is 9.63. The van der Waals surface area contributed by atoms with Gasteiger partial charge in [0.05, 0.1) is 6.61 Å². The molecule has 6 nitrogen and oxygen atoms in total. The molecule has 1 saturated heterocycles. The minimum atomic E-state index is -0.314. The monoisotopic (exact) mass is 313 g/mol. The van der Waals surface area contributed by atoms with Gasteiger partial charge in [-0.1, -0.05) is 28.9 Å². The standard InChI is InChI=1S/C14H20ClN3O3/c15-12-7-10(13(16)18-20)1-2-11(12)8-17-14(9-19)3-5-21-6-4-14/h1-2,7,17,19-20H,3-6,8-9H2,(H2,16,18). The highest BCUT2D eigenvalue weighted by molar-refractivity contribution is 6.31. The molecule has 21 heavy (non-hydrogen) atoms. The molecule has 7 heteroatoms. The molecule has 0 saturated carbocycles. The molecule has 0 bridgehead atoms. The number of aliphatic hydroxyl groups is 1. The fraction of sp³-hybridized carbons (Fsp3) is 0.500. The number of nitrogens with one attached hydrogen (secondary N) is 1. The number of hydrogen-bond donors (Lipinski definition) is 4. The Hall–Kier alpha value is -1.34. The molecule has 116 valence electrons.